The van der Waals surface area contributed by atoms with Crippen LogP contribution in [0.25, 0.3) is 0 Å². The second kappa shape index (κ2) is 7.27. The molecule has 1 heterocycles. The molecule has 1 unspecified atom stereocenters. The van der Waals surface area contributed by atoms with E-state index < -0.39 is 17.5 Å². The second-order valence-corrected chi connectivity index (χ2v) is 7.87. The first-order valence-electron chi connectivity index (χ1n) is 7.50. The number of nitrogens with one attached hydrogen (secondary N) is 1. The highest BCUT2D eigenvalue weighted by Crippen LogP contribution is 2.28. The normalized spacial score (nSPS) is 17.8. The predicted octanol–water partition coefficient (Wildman–Crippen LogP) is 3.98. The number of likely N-dealkylation sites (tertiary alicyclic amines) is 1. The van der Waals surface area contributed by atoms with E-state index in [9.17, 15) is 14.0 Å². The first-order chi connectivity index (χ1) is 11.1. The number of amides is 2. The molecule has 0 aliphatic carbocycles. The Kier molecular flexibility index (Phi) is 5.75. The van der Waals surface area contributed by atoms with Gasteiger partial charge >= 0.3 is 6.09 Å². The van der Waals surface area contributed by atoms with Crippen LogP contribution in [0.2, 0.25) is 5.02 Å². The molecular weight excluding hydrogens is 403 g/mol. The highest BCUT2D eigenvalue weighted by Gasteiger charge is 2.30. The van der Waals surface area contributed by atoms with Gasteiger partial charge in [0.05, 0.1) is 11.1 Å². The van der Waals surface area contributed by atoms with E-state index in [1.54, 1.807) is 25.7 Å². The fraction of sp³-hybridized carbons (Fsp3) is 0.500. The molecule has 0 saturated carbocycles. The zero-order valence-corrected chi connectivity index (χ0v) is 16.0. The number of benzene rings is 1. The third-order valence-corrected chi connectivity index (χ3v) is 4.66. The molecular formula is C16H19BrClFN2O3. The Morgan fingerprint density at radius 3 is 2.67 bits per heavy atom. The van der Waals surface area contributed by atoms with Crippen molar-refractivity contribution in [3.63, 3.8) is 0 Å². The van der Waals surface area contributed by atoms with Gasteiger partial charge in [-0.15, -0.1) is 0 Å². The van der Waals surface area contributed by atoms with Gasteiger partial charge in [0.15, 0.2) is 0 Å². The summed E-state index contributed by atoms with van der Waals surface area (Å²) in [6.07, 6.45) is 0.101. The highest BCUT2D eigenvalue weighted by molar-refractivity contribution is 9.10. The number of carbonyl (C=O) groups excluding carboxylic acids is 2. The molecule has 0 bridgehead atoms. The van der Waals surface area contributed by atoms with Crippen LogP contribution in [-0.4, -0.2) is 41.6 Å². The van der Waals surface area contributed by atoms with Crippen LogP contribution in [-0.2, 0) is 4.74 Å². The number of hydrogen-bond acceptors (Lipinski definition) is 3. The maximum atomic E-state index is 13.7. The quantitative estimate of drug-likeness (QED) is 0.735. The van der Waals surface area contributed by atoms with Crippen molar-refractivity contribution in [2.75, 3.05) is 13.1 Å². The number of carbonyl (C=O) groups is 2. The summed E-state index contributed by atoms with van der Waals surface area (Å²) in [6.45, 7) is 6.17. The lowest BCUT2D eigenvalue weighted by atomic mass is 10.2. The Hall–Kier alpha value is -1.34. The van der Waals surface area contributed by atoms with Gasteiger partial charge in [0, 0.05) is 23.1 Å². The van der Waals surface area contributed by atoms with Crippen LogP contribution in [0, 0.1) is 5.82 Å². The molecule has 1 fully saturated rings. The van der Waals surface area contributed by atoms with Crippen molar-refractivity contribution < 1.29 is 18.7 Å². The molecule has 132 valence electrons. The van der Waals surface area contributed by atoms with Gasteiger partial charge in [-0.2, -0.15) is 0 Å². The van der Waals surface area contributed by atoms with Crippen molar-refractivity contribution in [3.8, 4) is 0 Å². The van der Waals surface area contributed by atoms with E-state index in [0.29, 0.717) is 24.0 Å². The monoisotopic (exact) mass is 420 g/mol. The van der Waals surface area contributed by atoms with E-state index in [1.165, 1.54) is 6.07 Å². The van der Waals surface area contributed by atoms with Crippen molar-refractivity contribution in [1.82, 2.24) is 10.2 Å². The minimum atomic E-state index is -0.656. The maximum Gasteiger partial charge on any atom is 0.407 e. The van der Waals surface area contributed by atoms with E-state index in [4.69, 9.17) is 16.3 Å². The Labute approximate surface area is 153 Å². The van der Waals surface area contributed by atoms with E-state index in [0.717, 1.165) is 6.07 Å². The molecule has 8 heteroatoms. The summed E-state index contributed by atoms with van der Waals surface area (Å²) in [6, 6.07) is 2.41. The molecule has 24 heavy (non-hydrogen) atoms. The summed E-state index contributed by atoms with van der Waals surface area (Å²) < 4.78 is 19.2. The largest absolute Gasteiger partial charge is 0.444 e. The summed E-state index contributed by atoms with van der Waals surface area (Å²) in [5.74, 6) is -0.961. The molecule has 1 aliphatic rings. The molecule has 1 aromatic carbocycles. The zero-order chi connectivity index (χ0) is 18.1. The van der Waals surface area contributed by atoms with Crippen LogP contribution in [0.1, 0.15) is 37.6 Å². The van der Waals surface area contributed by atoms with Gasteiger partial charge in [-0.3, -0.25) is 4.79 Å². The highest BCUT2D eigenvalue weighted by atomic mass is 79.9. The predicted molar refractivity (Wildman–Crippen MR) is 92.8 cm³/mol. The van der Waals surface area contributed by atoms with Gasteiger partial charge in [-0.1, -0.05) is 11.6 Å². The molecule has 2 amide bonds. The first-order valence-corrected chi connectivity index (χ1v) is 8.67. The maximum absolute atomic E-state index is 13.7. The second-order valence-electron chi connectivity index (χ2n) is 6.64. The molecule has 5 nitrogen and oxygen atoms in total. The minimum absolute atomic E-state index is 0.0579. The molecule has 1 atom stereocenters. The third-order valence-electron chi connectivity index (χ3n) is 3.43. The molecule has 0 aromatic heterocycles. The van der Waals surface area contributed by atoms with Gasteiger partial charge in [0.2, 0.25) is 0 Å². The molecule has 1 aromatic rings. The first kappa shape index (κ1) is 19.0. The van der Waals surface area contributed by atoms with Crippen molar-refractivity contribution in [3.05, 3.63) is 33.0 Å². The van der Waals surface area contributed by atoms with Crippen LogP contribution in [0.3, 0.4) is 0 Å². The molecule has 1 aliphatic heterocycles. The van der Waals surface area contributed by atoms with Crippen LogP contribution in [0.4, 0.5) is 9.18 Å². The van der Waals surface area contributed by atoms with Crippen LogP contribution >= 0.6 is 27.5 Å². The number of rotatable bonds is 2. The van der Waals surface area contributed by atoms with Crippen molar-refractivity contribution >= 4 is 39.5 Å². The van der Waals surface area contributed by atoms with E-state index >= 15 is 0 Å². The lowest BCUT2D eigenvalue weighted by molar-refractivity contribution is 0.0502. The van der Waals surface area contributed by atoms with E-state index in [-0.39, 0.29) is 22.5 Å². The summed E-state index contributed by atoms with van der Waals surface area (Å²) in [7, 11) is 0. The Morgan fingerprint density at radius 2 is 2.08 bits per heavy atom. The zero-order valence-electron chi connectivity index (χ0n) is 13.7. The summed E-state index contributed by atoms with van der Waals surface area (Å²) in [5.41, 5.74) is -0.368. The fourth-order valence-electron chi connectivity index (χ4n) is 2.40. The topological polar surface area (TPSA) is 58.6 Å². The van der Waals surface area contributed by atoms with Gasteiger partial charge in [-0.05, 0) is 55.3 Å². The lowest BCUT2D eigenvalue weighted by Crippen LogP contribution is -2.41. The Morgan fingerprint density at radius 1 is 1.42 bits per heavy atom. The molecule has 0 radical (unpaired) electrons. The Bertz CT molecular complexity index is 640. The minimum Gasteiger partial charge on any atom is -0.444 e. The van der Waals surface area contributed by atoms with Gasteiger partial charge < -0.3 is 15.0 Å². The van der Waals surface area contributed by atoms with Crippen molar-refractivity contribution in [2.45, 2.75) is 38.8 Å². The van der Waals surface area contributed by atoms with Crippen LogP contribution in [0.15, 0.2) is 16.6 Å². The van der Waals surface area contributed by atoms with Crippen LogP contribution in [0.5, 0.6) is 0 Å². The van der Waals surface area contributed by atoms with Crippen LogP contribution < -0.4 is 5.32 Å². The third kappa shape index (κ3) is 4.83. The average molecular weight is 422 g/mol. The van der Waals surface area contributed by atoms with Crippen molar-refractivity contribution in [2.24, 2.45) is 0 Å². The summed E-state index contributed by atoms with van der Waals surface area (Å²) >= 11 is 8.87. The number of halogens is 3. The Balaban J connectivity index is 1.98. The number of nitrogens with zero attached hydrogens (tertiary/aromatic N) is 1. The van der Waals surface area contributed by atoms with Crippen molar-refractivity contribution in [1.29, 1.82) is 0 Å². The summed E-state index contributed by atoms with van der Waals surface area (Å²) in [4.78, 5) is 25.8. The molecule has 0 spiro atoms. The lowest BCUT2D eigenvalue weighted by Gasteiger charge is -2.22. The average Bonchev–Trinajstić information content (AvgIpc) is 2.89. The van der Waals surface area contributed by atoms with E-state index in [1.807, 2.05) is 0 Å². The summed E-state index contributed by atoms with van der Waals surface area (Å²) in [5, 5.41) is 2.69. The number of alkyl carbamates (subject to hydrolysis) is 1. The van der Waals surface area contributed by atoms with Gasteiger partial charge in [0.1, 0.15) is 11.4 Å². The van der Waals surface area contributed by atoms with E-state index in [2.05, 4.69) is 21.2 Å². The standard InChI is InChI=1S/C16H19BrClFN2O3/c1-16(2,3)24-15(23)20-10-4-5-21(8-10)14(22)9-6-11(17)13(18)12(19)7-9/h6-7,10H,4-5,8H2,1-3H3,(H,20,23). The molecule has 2 rings (SSSR count). The SMILES string of the molecule is CC(C)(C)OC(=O)NC1CCN(C(=O)c2cc(F)c(Cl)c(Br)c2)C1. The smallest absolute Gasteiger partial charge is 0.407 e. The molecule has 1 saturated heterocycles. The van der Waals surface area contributed by atoms with Gasteiger partial charge in [-0.25, -0.2) is 9.18 Å². The molecule has 1 N–H and O–H groups in total. The number of ether oxygens (including phenoxy) is 1. The number of hydrogen-bond donors (Lipinski definition) is 1. The van der Waals surface area contributed by atoms with Gasteiger partial charge in [0.25, 0.3) is 5.91 Å². The fourth-order valence-corrected chi connectivity index (χ4v) is 2.94.